The largest absolute Gasteiger partial charge is 0.309 e. The van der Waals surface area contributed by atoms with Crippen LogP contribution in [0, 0.1) is 5.92 Å². The van der Waals surface area contributed by atoms with Crippen LogP contribution in [0.1, 0.15) is 18.4 Å². The van der Waals surface area contributed by atoms with Crippen LogP contribution >= 0.6 is 0 Å². The van der Waals surface area contributed by atoms with Crippen molar-refractivity contribution in [2.75, 3.05) is 19.6 Å². The Morgan fingerprint density at radius 2 is 2.31 bits per heavy atom. The number of aromatic nitrogens is 2. The Kier molecular flexibility index (Phi) is 2.69. The van der Waals surface area contributed by atoms with Crippen LogP contribution in [0.25, 0.3) is 0 Å². The van der Waals surface area contributed by atoms with E-state index in [-0.39, 0.29) is 0 Å². The molecule has 3 atom stereocenters. The van der Waals surface area contributed by atoms with Gasteiger partial charge < -0.3 is 10.2 Å². The van der Waals surface area contributed by atoms with E-state index in [1.165, 1.54) is 38.0 Å². The van der Waals surface area contributed by atoms with E-state index in [1.54, 1.807) is 0 Å². The number of nitrogens with zero attached hydrogens (tertiary/aromatic N) is 3. The van der Waals surface area contributed by atoms with Crippen molar-refractivity contribution in [3.63, 3.8) is 0 Å². The molecule has 0 radical (unpaired) electrons. The number of hydrogen-bond acceptors (Lipinski definition) is 3. The van der Waals surface area contributed by atoms with Crippen LogP contribution in [-0.2, 0) is 13.6 Å². The molecular weight excluding hydrogens is 200 g/mol. The summed E-state index contributed by atoms with van der Waals surface area (Å²) in [5, 5.41) is 7.90. The third kappa shape index (κ3) is 1.99. The summed E-state index contributed by atoms with van der Waals surface area (Å²) < 4.78 is 1.87. The Hall–Kier alpha value is -0.870. The van der Waals surface area contributed by atoms with Gasteiger partial charge in [-0.1, -0.05) is 0 Å². The average molecular weight is 220 g/mol. The number of hydrogen-bond donors (Lipinski definition) is 1. The van der Waals surface area contributed by atoms with Crippen LogP contribution in [0.2, 0.25) is 0 Å². The first-order valence-electron chi connectivity index (χ1n) is 6.24. The Morgan fingerprint density at radius 1 is 1.44 bits per heavy atom. The van der Waals surface area contributed by atoms with Crippen molar-refractivity contribution in [2.24, 2.45) is 13.0 Å². The molecule has 3 unspecified atom stereocenters. The topological polar surface area (TPSA) is 33.1 Å². The van der Waals surface area contributed by atoms with E-state index in [0.29, 0.717) is 0 Å². The number of nitrogens with one attached hydrogen (secondary N) is 1. The Balaban J connectivity index is 1.55. The second kappa shape index (κ2) is 4.18. The Morgan fingerprint density at radius 3 is 3.12 bits per heavy atom. The predicted molar refractivity (Wildman–Crippen MR) is 63.0 cm³/mol. The van der Waals surface area contributed by atoms with Crippen LogP contribution in [-0.4, -0.2) is 40.4 Å². The number of fused-ring (bicyclic) bond motifs is 2. The first-order chi connectivity index (χ1) is 7.81. The SMILES string of the molecule is Cn1cc(CNC2CCN3CCC2C3)cn1. The summed E-state index contributed by atoms with van der Waals surface area (Å²) in [4.78, 5) is 2.59. The van der Waals surface area contributed by atoms with E-state index < -0.39 is 0 Å². The molecule has 4 nitrogen and oxygen atoms in total. The van der Waals surface area contributed by atoms with Crippen molar-refractivity contribution in [2.45, 2.75) is 25.4 Å². The maximum absolute atomic E-state index is 4.20. The maximum atomic E-state index is 4.20. The van der Waals surface area contributed by atoms with Crippen molar-refractivity contribution in [3.8, 4) is 0 Å². The monoisotopic (exact) mass is 220 g/mol. The standard InChI is InChI=1S/C12H20N4/c1-15-8-10(7-14-15)6-13-12-3-5-16-4-2-11(12)9-16/h7-8,11-13H,2-6,9H2,1H3. The summed E-state index contributed by atoms with van der Waals surface area (Å²) in [6.45, 7) is 4.87. The molecule has 16 heavy (non-hydrogen) atoms. The fourth-order valence-corrected chi connectivity index (χ4v) is 3.03. The minimum Gasteiger partial charge on any atom is -0.309 e. The van der Waals surface area contributed by atoms with E-state index in [2.05, 4.69) is 21.5 Å². The second-order valence-corrected chi connectivity index (χ2v) is 5.15. The molecule has 2 bridgehead atoms. The van der Waals surface area contributed by atoms with Crippen molar-refractivity contribution in [1.29, 1.82) is 0 Å². The fraction of sp³-hybridized carbons (Fsp3) is 0.750. The zero-order chi connectivity index (χ0) is 11.0. The van der Waals surface area contributed by atoms with E-state index >= 15 is 0 Å². The van der Waals surface area contributed by atoms with Gasteiger partial charge in [-0.2, -0.15) is 5.10 Å². The summed E-state index contributed by atoms with van der Waals surface area (Å²) in [7, 11) is 1.97. The smallest absolute Gasteiger partial charge is 0.0534 e. The first kappa shape index (κ1) is 10.3. The van der Waals surface area contributed by atoms with Gasteiger partial charge in [-0.25, -0.2) is 0 Å². The molecule has 0 aromatic carbocycles. The number of rotatable bonds is 3. The fourth-order valence-electron chi connectivity index (χ4n) is 3.03. The third-order valence-electron chi connectivity index (χ3n) is 3.96. The zero-order valence-electron chi connectivity index (χ0n) is 9.89. The van der Waals surface area contributed by atoms with Gasteiger partial charge in [0.05, 0.1) is 6.20 Å². The summed E-state index contributed by atoms with van der Waals surface area (Å²) in [5.74, 6) is 0.880. The molecule has 0 saturated carbocycles. The van der Waals surface area contributed by atoms with Crippen LogP contribution in [0.3, 0.4) is 0 Å². The minimum atomic E-state index is 0.721. The lowest BCUT2D eigenvalue weighted by Crippen LogP contribution is -2.43. The molecule has 2 aliphatic rings. The molecule has 2 fully saturated rings. The molecule has 4 heteroatoms. The van der Waals surface area contributed by atoms with Gasteiger partial charge in [0.15, 0.2) is 0 Å². The molecule has 2 aliphatic heterocycles. The quantitative estimate of drug-likeness (QED) is 0.810. The maximum Gasteiger partial charge on any atom is 0.0534 e. The van der Waals surface area contributed by atoms with Crippen LogP contribution in [0.4, 0.5) is 0 Å². The highest BCUT2D eigenvalue weighted by atomic mass is 15.2. The van der Waals surface area contributed by atoms with Gasteiger partial charge in [-0.3, -0.25) is 4.68 Å². The van der Waals surface area contributed by atoms with Crippen LogP contribution in [0.15, 0.2) is 12.4 Å². The summed E-state index contributed by atoms with van der Waals surface area (Å²) in [5.41, 5.74) is 1.29. The van der Waals surface area contributed by atoms with Gasteiger partial charge >= 0.3 is 0 Å². The molecule has 3 heterocycles. The lowest BCUT2D eigenvalue weighted by atomic mass is 9.94. The molecule has 0 amide bonds. The number of piperidine rings is 1. The Bertz CT molecular complexity index is 360. The molecule has 3 rings (SSSR count). The van der Waals surface area contributed by atoms with Gasteiger partial charge in [0, 0.05) is 37.9 Å². The highest BCUT2D eigenvalue weighted by molar-refractivity contribution is 5.04. The van der Waals surface area contributed by atoms with Gasteiger partial charge in [0.25, 0.3) is 0 Å². The van der Waals surface area contributed by atoms with Crippen LogP contribution < -0.4 is 5.32 Å². The zero-order valence-corrected chi connectivity index (χ0v) is 9.89. The van der Waals surface area contributed by atoms with Crippen molar-refractivity contribution >= 4 is 0 Å². The number of aryl methyl sites for hydroxylation is 1. The van der Waals surface area contributed by atoms with E-state index in [4.69, 9.17) is 0 Å². The lowest BCUT2D eigenvalue weighted by molar-refractivity contribution is 0.220. The van der Waals surface area contributed by atoms with Crippen molar-refractivity contribution < 1.29 is 0 Å². The summed E-state index contributed by atoms with van der Waals surface area (Å²) >= 11 is 0. The molecule has 88 valence electrons. The summed E-state index contributed by atoms with van der Waals surface area (Å²) in [6.07, 6.45) is 6.74. The van der Waals surface area contributed by atoms with E-state index in [1.807, 2.05) is 17.9 Å². The highest BCUT2D eigenvalue weighted by Crippen LogP contribution is 2.27. The van der Waals surface area contributed by atoms with E-state index in [9.17, 15) is 0 Å². The third-order valence-corrected chi connectivity index (χ3v) is 3.96. The molecule has 0 aliphatic carbocycles. The van der Waals surface area contributed by atoms with Gasteiger partial charge in [-0.05, 0) is 31.8 Å². The lowest BCUT2D eigenvalue weighted by Gasteiger charge is -2.31. The van der Waals surface area contributed by atoms with E-state index in [0.717, 1.165) is 18.5 Å². The highest BCUT2D eigenvalue weighted by Gasteiger charge is 2.33. The predicted octanol–water partition coefficient (Wildman–Crippen LogP) is 0.604. The van der Waals surface area contributed by atoms with Crippen molar-refractivity contribution in [3.05, 3.63) is 18.0 Å². The van der Waals surface area contributed by atoms with Gasteiger partial charge in [0.2, 0.25) is 0 Å². The van der Waals surface area contributed by atoms with Gasteiger partial charge in [-0.15, -0.1) is 0 Å². The van der Waals surface area contributed by atoms with Gasteiger partial charge in [0.1, 0.15) is 0 Å². The molecule has 1 aromatic rings. The molecular formula is C12H20N4. The molecule has 2 saturated heterocycles. The summed E-state index contributed by atoms with van der Waals surface area (Å²) in [6, 6.07) is 0.721. The van der Waals surface area contributed by atoms with Crippen molar-refractivity contribution in [1.82, 2.24) is 20.0 Å². The molecule has 0 spiro atoms. The Labute approximate surface area is 96.6 Å². The molecule has 1 N–H and O–H groups in total. The molecule has 1 aromatic heterocycles. The normalized spacial score (nSPS) is 33.2. The minimum absolute atomic E-state index is 0.721. The second-order valence-electron chi connectivity index (χ2n) is 5.15. The van der Waals surface area contributed by atoms with Crippen LogP contribution in [0.5, 0.6) is 0 Å². The average Bonchev–Trinajstić information content (AvgIpc) is 2.86. The first-order valence-corrected chi connectivity index (χ1v) is 6.24.